The summed E-state index contributed by atoms with van der Waals surface area (Å²) in [4.78, 5) is 42.8. The Kier molecular flexibility index (Phi) is 3.76. The van der Waals surface area contributed by atoms with Gasteiger partial charge in [-0.25, -0.2) is 0 Å². The number of aromatic amines is 1. The Labute approximate surface area is 129 Å². The van der Waals surface area contributed by atoms with E-state index in [0.29, 0.717) is 38.3 Å². The number of nitrogens with one attached hydrogen (secondary N) is 1. The second-order valence-corrected chi connectivity index (χ2v) is 6.05. The fourth-order valence-corrected chi connectivity index (χ4v) is 3.37. The Morgan fingerprint density at radius 1 is 1.05 bits per heavy atom. The highest BCUT2D eigenvalue weighted by Gasteiger charge is 2.30. The zero-order chi connectivity index (χ0) is 15.9. The summed E-state index contributed by atoms with van der Waals surface area (Å²) < 4.78 is 0. The second-order valence-electron chi connectivity index (χ2n) is 6.05. The topological polar surface area (TPSA) is 73.5 Å². The van der Waals surface area contributed by atoms with Gasteiger partial charge in [-0.15, -0.1) is 0 Å². The van der Waals surface area contributed by atoms with Crippen LogP contribution in [0.4, 0.5) is 0 Å². The molecule has 6 nitrogen and oxygen atoms in total. The number of hydrogen-bond donors (Lipinski definition) is 1. The van der Waals surface area contributed by atoms with Gasteiger partial charge in [0.25, 0.3) is 5.91 Å². The van der Waals surface area contributed by atoms with Crippen LogP contribution >= 0.6 is 0 Å². The van der Waals surface area contributed by atoms with Crippen molar-refractivity contribution in [3.63, 3.8) is 0 Å². The molecule has 1 fully saturated rings. The third kappa shape index (κ3) is 2.42. The SMILES string of the molecule is CC(=O)N1CCN(C(=O)c2[nH]c3c(c2C)C(=O)CCC3)CC1. The minimum absolute atomic E-state index is 0.0456. The van der Waals surface area contributed by atoms with Crippen molar-refractivity contribution in [2.45, 2.75) is 33.1 Å². The molecule has 2 heterocycles. The van der Waals surface area contributed by atoms with Gasteiger partial charge in [-0.3, -0.25) is 14.4 Å². The molecule has 0 atom stereocenters. The fourth-order valence-electron chi connectivity index (χ4n) is 3.37. The van der Waals surface area contributed by atoms with E-state index < -0.39 is 0 Å². The summed E-state index contributed by atoms with van der Waals surface area (Å²) in [5, 5.41) is 0. The summed E-state index contributed by atoms with van der Waals surface area (Å²) in [6.07, 6.45) is 2.24. The van der Waals surface area contributed by atoms with Gasteiger partial charge >= 0.3 is 0 Å². The zero-order valence-corrected chi connectivity index (χ0v) is 13.1. The van der Waals surface area contributed by atoms with Crippen molar-refractivity contribution >= 4 is 17.6 Å². The van der Waals surface area contributed by atoms with Crippen LogP contribution < -0.4 is 0 Å². The van der Waals surface area contributed by atoms with Crippen LogP contribution in [0.15, 0.2) is 0 Å². The van der Waals surface area contributed by atoms with Gasteiger partial charge in [0, 0.05) is 50.8 Å². The summed E-state index contributed by atoms with van der Waals surface area (Å²) in [5.41, 5.74) is 2.94. The number of carbonyl (C=O) groups is 3. The number of nitrogens with zero attached hydrogens (tertiary/aromatic N) is 2. The molecule has 1 aromatic rings. The first-order valence-electron chi connectivity index (χ1n) is 7.78. The molecule has 0 spiro atoms. The molecule has 1 N–H and O–H groups in total. The predicted molar refractivity (Wildman–Crippen MR) is 81.0 cm³/mol. The number of carbonyl (C=O) groups excluding carboxylic acids is 3. The Balaban J connectivity index is 1.79. The van der Waals surface area contributed by atoms with Gasteiger partial charge in [-0.1, -0.05) is 0 Å². The van der Waals surface area contributed by atoms with E-state index in [0.717, 1.165) is 29.7 Å². The molecule has 0 unspecified atom stereocenters. The van der Waals surface area contributed by atoms with Crippen LogP contribution in [0.5, 0.6) is 0 Å². The number of hydrogen-bond acceptors (Lipinski definition) is 3. The lowest BCUT2D eigenvalue weighted by atomic mass is 9.93. The third-order valence-electron chi connectivity index (χ3n) is 4.66. The van der Waals surface area contributed by atoms with Crippen molar-refractivity contribution < 1.29 is 14.4 Å². The molecule has 0 aromatic carbocycles. The number of amides is 2. The number of piperazine rings is 1. The predicted octanol–water partition coefficient (Wildman–Crippen LogP) is 1.15. The molecule has 1 aliphatic carbocycles. The van der Waals surface area contributed by atoms with E-state index in [4.69, 9.17) is 0 Å². The number of fused-ring (bicyclic) bond motifs is 1. The van der Waals surface area contributed by atoms with E-state index in [1.165, 1.54) is 0 Å². The fraction of sp³-hybridized carbons (Fsp3) is 0.562. The Morgan fingerprint density at radius 2 is 1.68 bits per heavy atom. The van der Waals surface area contributed by atoms with E-state index >= 15 is 0 Å². The van der Waals surface area contributed by atoms with E-state index in [-0.39, 0.29) is 17.6 Å². The summed E-state index contributed by atoms with van der Waals surface area (Å²) in [5.74, 6) is 0.113. The largest absolute Gasteiger partial charge is 0.354 e. The number of H-pyrrole nitrogens is 1. The standard InChI is InChI=1S/C16H21N3O3/c1-10-14-12(4-3-5-13(14)21)17-15(10)16(22)19-8-6-18(7-9-19)11(2)20/h17H,3-9H2,1-2H3. The maximum absolute atomic E-state index is 12.7. The Hall–Kier alpha value is -2.11. The van der Waals surface area contributed by atoms with Gasteiger partial charge in [0.05, 0.1) is 0 Å². The summed E-state index contributed by atoms with van der Waals surface area (Å²) >= 11 is 0. The molecule has 0 bridgehead atoms. The lowest BCUT2D eigenvalue weighted by molar-refractivity contribution is -0.130. The molecule has 118 valence electrons. The molecule has 0 radical (unpaired) electrons. The van der Waals surface area contributed by atoms with Gasteiger partial charge in [0.1, 0.15) is 5.69 Å². The van der Waals surface area contributed by atoms with Crippen LogP contribution in [0.25, 0.3) is 0 Å². The van der Waals surface area contributed by atoms with E-state index in [2.05, 4.69) is 4.98 Å². The van der Waals surface area contributed by atoms with Crippen molar-refractivity contribution in [3.05, 3.63) is 22.5 Å². The number of aromatic nitrogens is 1. The third-order valence-corrected chi connectivity index (χ3v) is 4.66. The number of ketones is 1. The minimum atomic E-state index is -0.0668. The van der Waals surface area contributed by atoms with Crippen LogP contribution in [-0.4, -0.2) is 58.6 Å². The van der Waals surface area contributed by atoms with Crippen molar-refractivity contribution in [2.24, 2.45) is 0 Å². The van der Waals surface area contributed by atoms with Gasteiger partial charge < -0.3 is 14.8 Å². The number of Topliss-reactive ketones (excluding diaryl/α,β-unsaturated/α-hetero) is 1. The normalized spacial score (nSPS) is 18.4. The smallest absolute Gasteiger partial charge is 0.270 e. The quantitative estimate of drug-likeness (QED) is 0.845. The highest BCUT2D eigenvalue weighted by Crippen LogP contribution is 2.27. The lowest BCUT2D eigenvalue weighted by Crippen LogP contribution is -2.50. The highest BCUT2D eigenvalue weighted by atomic mass is 16.2. The maximum Gasteiger partial charge on any atom is 0.270 e. The van der Waals surface area contributed by atoms with Crippen molar-refractivity contribution in [3.8, 4) is 0 Å². The summed E-state index contributed by atoms with van der Waals surface area (Å²) in [6, 6.07) is 0. The first-order chi connectivity index (χ1) is 10.5. The van der Waals surface area contributed by atoms with Crippen molar-refractivity contribution in [2.75, 3.05) is 26.2 Å². The zero-order valence-electron chi connectivity index (χ0n) is 13.1. The molecule has 2 amide bonds. The average molecular weight is 303 g/mol. The van der Waals surface area contributed by atoms with Gasteiger partial charge in [0.15, 0.2) is 5.78 Å². The van der Waals surface area contributed by atoms with Gasteiger partial charge in [-0.05, 0) is 25.3 Å². The van der Waals surface area contributed by atoms with E-state index in [1.807, 2.05) is 6.92 Å². The van der Waals surface area contributed by atoms with Crippen LogP contribution in [0.1, 0.15) is 51.9 Å². The van der Waals surface area contributed by atoms with Gasteiger partial charge in [0.2, 0.25) is 5.91 Å². The minimum Gasteiger partial charge on any atom is -0.354 e. The molecule has 1 saturated heterocycles. The first kappa shape index (κ1) is 14.8. The van der Waals surface area contributed by atoms with E-state index in [1.54, 1.807) is 16.7 Å². The molecule has 1 aromatic heterocycles. The van der Waals surface area contributed by atoms with E-state index in [9.17, 15) is 14.4 Å². The summed E-state index contributed by atoms with van der Waals surface area (Å²) in [7, 11) is 0. The van der Waals surface area contributed by atoms with Gasteiger partial charge in [-0.2, -0.15) is 0 Å². The van der Waals surface area contributed by atoms with Crippen LogP contribution in [0, 0.1) is 6.92 Å². The average Bonchev–Trinajstić information content (AvgIpc) is 2.85. The van der Waals surface area contributed by atoms with Crippen LogP contribution in [0.3, 0.4) is 0 Å². The van der Waals surface area contributed by atoms with Crippen molar-refractivity contribution in [1.82, 2.24) is 14.8 Å². The number of rotatable bonds is 1. The van der Waals surface area contributed by atoms with Crippen LogP contribution in [0.2, 0.25) is 0 Å². The Bertz CT molecular complexity index is 639. The second kappa shape index (κ2) is 5.59. The maximum atomic E-state index is 12.7. The molecule has 2 aliphatic rings. The lowest BCUT2D eigenvalue weighted by Gasteiger charge is -2.34. The molecule has 3 rings (SSSR count). The van der Waals surface area contributed by atoms with Crippen molar-refractivity contribution in [1.29, 1.82) is 0 Å². The Morgan fingerprint density at radius 3 is 2.27 bits per heavy atom. The number of aryl methyl sites for hydroxylation is 1. The molecular weight excluding hydrogens is 282 g/mol. The highest BCUT2D eigenvalue weighted by molar-refractivity contribution is 6.04. The monoisotopic (exact) mass is 303 g/mol. The molecule has 22 heavy (non-hydrogen) atoms. The molecular formula is C16H21N3O3. The summed E-state index contributed by atoms with van der Waals surface area (Å²) in [6.45, 7) is 5.60. The molecule has 0 saturated carbocycles. The molecule has 6 heteroatoms. The first-order valence-corrected chi connectivity index (χ1v) is 7.78. The molecule has 1 aliphatic heterocycles. The van der Waals surface area contributed by atoms with Crippen LogP contribution in [-0.2, 0) is 11.2 Å².